The van der Waals surface area contributed by atoms with Gasteiger partial charge in [0.05, 0.1) is 11.5 Å². The van der Waals surface area contributed by atoms with Crippen molar-refractivity contribution in [2.75, 3.05) is 11.1 Å². The van der Waals surface area contributed by atoms with Crippen LogP contribution in [0.1, 0.15) is 15.5 Å². The summed E-state index contributed by atoms with van der Waals surface area (Å²) in [5.41, 5.74) is 5.16. The van der Waals surface area contributed by atoms with Crippen molar-refractivity contribution in [1.29, 1.82) is 0 Å². The molecule has 0 radical (unpaired) electrons. The first kappa shape index (κ1) is 13.7. The quantitative estimate of drug-likeness (QED) is 0.553. The van der Waals surface area contributed by atoms with Crippen LogP contribution in [0.5, 0.6) is 0 Å². The van der Waals surface area contributed by atoms with Crippen molar-refractivity contribution in [3.8, 4) is 0 Å². The first-order valence-electron chi connectivity index (χ1n) is 5.30. The van der Waals surface area contributed by atoms with Crippen molar-refractivity contribution in [2.24, 2.45) is 0 Å². The number of carboxylic acid groups (broad SMARTS) is 1. The van der Waals surface area contributed by atoms with Gasteiger partial charge in [-0.15, -0.1) is 11.3 Å². The molecule has 2 aromatic rings. The highest BCUT2D eigenvalue weighted by Crippen LogP contribution is 2.21. The van der Waals surface area contributed by atoms with E-state index in [1.165, 1.54) is 28.8 Å². The lowest BCUT2D eigenvalue weighted by molar-refractivity contribution is -0.384. The molecule has 104 valence electrons. The number of nitrogens with two attached hydrogens (primary N) is 1. The highest BCUT2D eigenvalue weighted by atomic mass is 32.1. The molecule has 2 heterocycles. The molecule has 0 aromatic carbocycles. The van der Waals surface area contributed by atoms with Crippen LogP contribution in [0.4, 0.5) is 17.3 Å². The molecule has 0 unspecified atom stereocenters. The molecule has 0 fully saturated rings. The Hall–Kier alpha value is -2.75. The predicted octanol–water partition coefficient (Wildman–Crippen LogP) is 1.34. The van der Waals surface area contributed by atoms with E-state index in [9.17, 15) is 14.9 Å². The van der Waals surface area contributed by atoms with Crippen LogP contribution < -0.4 is 11.1 Å². The molecule has 0 saturated heterocycles. The fraction of sp³-hybridized carbons (Fsp3) is 0.100. The molecule has 0 aliphatic rings. The summed E-state index contributed by atoms with van der Waals surface area (Å²) >= 11 is 1.19. The number of nitrogens with one attached hydrogen (secondary N) is 1. The highest BCUT2D eigenvalue weighted by molar-refractivity contribution is 7.09. The summed E-state index contributed by atoms with van der Waals surface area (Å²) in [5, 5.41) is 24.2. The molecule has 0 atom stereocenters. The van der Waals surface area contributed by atoms with Crippen LogP contribution in [-0.4, -0.2) is 26.0 Å². The third kappa shape index (κ3) is 2.98. The maximum Gasteiger partial charge on any atom is 0.355 e. The molecule has 0 aliphatic carbocycles. The lowest BCUT2D eigenvalue weighted by Crippen LogP contribution is -2.05. The Kier molecular flexibility index (Phi) is 3.75. The number of hydrogen-bond acceptors (Lipinski definition) is 8. The van der Waals surface area contributed by atoms with Crippen molar-refractivity contribution in [3.63, 3.8) is 0 Å². The van der Waals surface area contributed by atoms with Gasteiger partial charge in [0.25, 0.3) is 0 Å². The highest BCUT2D eigenvalue weighted by Gasteiger charge is 2.13. The second-order valence-electron chi connectivity index (χ2n) is 3.64. The van der Waals surface area contributed by atoms with Gasteiger partial charge in [0.15, 0.2) is 5.69 Å². The number of carbonyl (C=O) groups is 1. The monoisotopic (exact) mass is 295 g/mol. The van der Waals surface area contributed by atoms with Crippen molar-refractivity contribution < 1.29 is 14.8 Å². The smallest absolute Gasteiger partial charge is 0.355 e. The largest absolute Gasteiger partial charge is 0.476 e. The number of pyridine rings is 1. The Morgan fingerprint density at radius 1 is 1.50 bits per heavy atom. The Labute approximate surface area is 116 Å². The van der Waals surface area contributed by atoms with Gasteiger partial charge in [0, 0.05) is 11.4 Å². The number of aromatic nitrogens is 2. The topological polar surface area (TPSA) is 144 Å². The van der Waals surface area contributed by atoms with Gasteiger partial charge >= 0.3 is 11.7 Å². The second kappa shape index (κ2) is 5.48. The fourth-order valence-corrected chi connectivity index (χ4v) is 2.08. The maximum absolute atomic E-state index is 10.7. The van der Waals surface area contributed by atoms with Gasteiger partial charge in [-0.25, -0.2) is 14.8 Å². The van der Waals surface area contributed by atoms with Crippen LogP contribution in [-0.2, 0) is 6.54 Å². The van der Waals surface area contributed by atoms with Crippen LogP contribution in [0.2, 0.25) is 0 Å². The summed E-state index contributed by atoms with van der Waals surface area (Å²) in [6.45, 7) is 0.252. The molecule has 0 saturated carbocycles. The van der Waals surface area contributed by atoms with Crippen LogP contribution in [0.25, 0.3) is 0 Å². The third-order valence-electron chi connectivity index (χ3n) is 2.29. The molecule has 2 rings (SSSR count). The molecular formula is C10H9N5O4S. The minimum atomic E-state index is -1.09. The summed E-state index contributed by atoms with van der Waals surface area (Å²) in [6.07, 6.45) is 0. The number of aromatic carboxylic acids is 1. The molecule has 10 heteroatoms. The number of nitro groups is 1. The molecule has 4 N–H and O–H groups in total. The lowest BCUT2D eigenvalue weighted by Gasteiger charge is -2.04. The molecule has 20 heavy (non-hydrogen) atoms. The molecule has 9 nitrogen and oxygen atoms in total. The molecule has 0 spiro atoms. The van der Waals surface area contributed by atoms with Crippen molar-refractivity contribution >= 4 is 34.6 Å². The van der Waals surface area contributed by atoms with E-state index in [2.05, 4.69) is 15.3 Å². The van der Waals surface area contributed by atoms with Gasteiger partial charge in [-0.05, 0) is 6.07 Å². The fourth-order valence-electron chi connectivity index (χ4n) is 1.38. The summed E-state index contributed by atoms with van der Waals surface area (Å²) in [6, 6.07) is 2.66. The normalized spacial score (nSPS) is 10.2. The predicted molar refractivity (Wildman–Crippen MR) is 71.7 cm³/mol. The number of thiazole rings is 1. The zero-order valence-electron chi connectivity index (χ0n) is 9.94. The summed E-state index contributed by atoms with van der Waals surface area (Å²) < 4.78 is 0. The number of nitrogens with zero attached hydrogens (tertiary/aromatic N) is 3. The first-order valence-corrected chi connectivity index (χ1v) is 6.18. The van der Waals surface area contributed by atoms with Crippen LogP contribution in [0.15, 0.2) is 17.5 Å². The Morgan fingerprint density at radius 2 is 2.25 bits per heavy atom. The second-order valence-corrected chi connectivity index (χ2v) is 4.59. The maximum atomic E-state index is 10.7. The summed E-state index contributed by atoms with van der Waals surface area (Å²) in [5.74, 6) is -0.934. The van der Waals surface area contributed by atoms with Gasteiger partial charge in [-0.3, -0.25) is 10.1 Å². The minimum Gasteiger partial charge on any atom is -0.476 e. The van der Waals surface area contributed by atoms with E-state index in [-0.39, 0.29) is 23.7 Å². The number of carboxylic acids is 1. The Bertz CT molecular complexity index is 671. The van der Waals surface area contributed by atoms with Crippen molar-refractivity contribution in [3.05, 3.63) is 38.3 Å². The van der Waals surface area contributed by atoms with Gasteiger partial charge in [0.2, 0.25) is 5.82 Å². The van der Waals surface area contributed by atoms with Gasteiger partial charge in [0.1, 0.15) is 10.8 Å². The van der Waals surface area contributed by atoms with Gasteiger partial charge < -0.3 is 16.2 Å². The van der Waals surface area contributed by atoms with Gasteiger partial charge in [-0.2, -0.15) is 0 Å². The molecule has 2 aromatic heterocycles. The van der Waals surface area contributed by atoms with E-state index in [0.29, 0.717) is 10.8 Å². The standard InChI is InChI=1S/C10H9N5O4S/c11-9-6(15(18)19)1-2-7(14-9)12-3-8-13-5(4-20-8)10(16)17/h1-2,4H,3H2,(H,16,17)(H3,11,12,14). The molecule has 0 aliphatic heterocycles. The summed E-state index contributed by atoms with van der Waals surface area (Å²) in [4.78, 5) is 28.3. The molecule has 0 amide bonds. The van der Waals surface area contributed by atoms with Crippen LogP contribution in [0, 0.1) is 10.1 Å². The number of nitrogen functional groups attached to an aromatic ring is 1. The zero-order valence-corrected chi connectivity index (χ0v) is 10.8. The van der Waals surface area contributed by atoms with E-state index in [1.54, 1.807) is 0 Å². The average Bonchev–Trinajstić information content (AvgIpc) is 2.85. The number of hydrogen-bond donors (Lipinski definition) is 3. The Morgan fingerprint density at radius 3 is 2.80 bits per heavy atom. The Balaban J connectivity index is 2.05. The van der Waals surface area contributed by atoms with E-state index in [4.69, 9.17) is 10.8 Å². The van der Waals surface area contributed by atoms with Crippen LogP contribution in [0.3, 0.4) is 0 Å². The average molecular weight is 295 g/mol. The number of rotatable bonds is 5. The molecular weight excluding hydrogens is 286 g/mol. The van der Waals surface area contributed by atoms with Crippen LogP contribution >= 0.6 is 11.3 Å². The van der Waals surface area contributed by atoms with Crippen molar-refractivity contribution in [2.45, 2.75) is 6.54 Å². The first-order chi connectivity index (χ1) is 9.47. The zero-order chi connectivity index (χ0) is 14.7. The number of anilines is 2. The summed E-state index contributed by atoms with van der Waals surface area (Å²) in [7, 11) is 0. The van der Waals surface area contributed by atoms with E-state index < -0.39 is 10.9 Å². The lowest BCUT2D eigenvalue weighted by atomic mass is 10.4. The van der Waals surface area contributed by atoms with E-state index in [0.717, 1.165) is 0 Å². The van der Waals surface area contributed by atoms with E-state index in [1.807, 2.05) is 0 Å². The van der Waals surface area contributed by atoms with Gasteiger partial charge in [-0.1, -0.05) is 0 Å². The third-order valence-corrected chi connectivity index (χ3v) is 3.14. The SMILES string of the molecule is Nc1nc(NCc2nc(C(=O)O)cs2)ccc1[N+](=O)[O-]. The van der Waals surface area contributed by atoms with Crippen molar-refractivity contribution in [1.82, 2.24) is 9.97 Å². The van der Waals surface area contributed by atoms with E-state index >= 15 is 0 Å². The molecule has 0 bridgehead atoms. The minimum absolute atomic E-state index is 0.0250.